The molecule has 0 fully saturated rings. The van der Waals surface area contributed by atoms with E-state index in [2.05, 4.69) is 10.5 Å². The van der Waals surface area contributed by atoms with Crippen LogP contribution in [0.25, 0.3) is 0 Å². The van der Waals surface area contributed by atoms with Gasteiger partial charge >= 0.3 is 5.97 Å². The molecule has 0 saturated heterocycles. The van der Waals surface area contributed by atoms with Crippen LogP contribution >= 0.6 is 11.3 Å². The quantitative estimate of drug-likeness (QED) is 0.696. The number of nitrogens with zero attached hydrogens (tertiary/aromatic N) is 1. The highest BCUT2D eigenvalue weighted by molar-refractivity contribution is 7.12. The lowest BCUT2D eigenvalue weighted by Gasteiger charge is -2.19. The van der Waals surface area contributed by atoms with Gasteiger partial charge in [0.15, 0.2) is 0 Å². The normalized spacial score (nSPS) is 15.1. The van der Waals surface area contributed by atoms with Gasteiger partial charge in [0.25, 0.3) is 0 Å². The molecule has 0 bridgehead atoms. The topological polar surface area (TPSA) is 59.9 Å². The van der Waals surface area contributed by atoms with Gasteiger partial charge in [-0.1, -0.05) is 0 Å². The zero-order valence-corrected chi connectivity index (χ0v) is 12.6. The van der Waals surface area contributed by atoms with Crippen LogP contribution < -0.4 is 10.2 Å². The van der Waals surface area contributed by atoms with Crippen molar-refractivity contribution in [1.82, 2.24) is 0 Å². The number of ether oxygens (including phenoxy) is 2. The highest BCUT2D eigenvalue weighted by Gasteiger charge is 2.18. The van der Waals surface area contributed by atoms with Crippen molar-refractivity contribution in [3.05, 3.63) is 45.9 Å². The summed E-state index contributed by atoms with van der Waals surface area (Å²) < 4.78 is 23.6. The summed E-state index contributed by atoms with van der Waals surface area (Å²) in [4.78, 5) is 12.1. The Labute approximate surface area is 130 Å². The number of rotatable bonds is 3. The molecule has 0 radical (unpaired) electrons. The Morgan fingerprint density at radius 3 is 3.14 bits per heavy atom. The molecule has 0 saturated carbocycles. The number of nitrogens with one attached hydrogen (secondary N) is 1. The number of fused-ring (bicyclic) bond motifs is 1. The fourth-order valence-electron chi connectivity index (χ4n) is 2.14. The van der Waals surface area contributed by atoms with Crippen molar-refractivity contribution in [1.29, 1.82) is 0 Å². The number of carbonyl (C=O) groups is 1. The first-order valence-corrected chi connectivity index (χ1v) is 7.48. The Hall–Kier alpha value is -2.41. The van der Waals surface area contributed by atoms with E-state index in [4.69, 9.17) is 9.47 Å². The van der Waals surface area contributed by atoms with Gasteiger partial charge in [-0.25, -0.2) is 9.18 Å². The molecule has 0 unspecified atom stereocenters. The number of anilines is 1. The second-order valence-electron chi connectivity index (χ2n) is 4.56. The summed E-state index contributed by atoms with van der Waals surface area (Å²) in [5.74, 6) is -0.162. The van der Waals surface area contributed by atoms with Crippen molar-refractivity contribution in [2.45, 2.75) is 6.42 Å². The van der Waals surface area contributed by atoms with Crippen molar-refractivity contribution in [3.63, 3.8) is 0 Å². The molecule has 0 atom stereocenters. The summed E-state index contributed by atoms with van der Waals surface area (Å²) in [6, 6.07) is 6.07. The van der Waals surface area contributed by atoms with E-state index in [9.17, 15) is 9.18 Å². The molecule has 1 aromatic heterocycles. The number of thiophene rings is 1. The van der Waals surface area contributed by atoms with Gasteiger partial charge in [0.2, 0.25) is 0 Å². The third-order valence-electron chi connectivity index (χ3n) is 3.20. The number of hydrazone groups is 1. The van der Waals surface area contributed by atoms with E-state index in [0.717, 1.165) is 0 Å². The van der Waals surface area contributed by atoms with Crippen LogP contribution in [0.15, 0.2) is 34.7 Å². The maximum absolute atomic E-state index is 13.4. The molecule has 114 valence electrons. The molecule has 1 N–H and O–H groups in total. The monoisotopic (exact) mass is 320 g/mol. The Balaban J connectivity index is 1.87. The van der Waals surface area contributed by atoms with Crippen molar-refractivity contribution >= 4 is 28.7 Å². The molecular formula is C15H13FN2O3S. The Morgan fingerprint density at radius 2 is 2.32 bits per heavy atom. The average molecular weight is 320 g/mol. The Bertz CT molecular complexity index is 742. The molecule has 5 nitrogen and oxygen atoms in total. The van der Waals surface area contributed by atoms with Crippen molar-refractivity contribution in [2.75, 3.05) is 19.1 Å². The van der Waals surface area contributed by atoms with Gasteiger partial charge in [-0.3, -0.25) is 5.43 Å². The van der Waals surface area contributed by atoms with Crippen LogP contribution in [-0.2, 0) is 4.74 Å². The lowest BCUT2D eigenvalue weighted by Crippen LogP contribution is -2.18. The molecule has 0 amide bonds. The van der Waals surface area contributed by atoms with Gasteiger partial charge < -0.3 is 9.47 Å². The smallest absolute Gasteiger partial charge is 0.350 e. The zero-order chi connectivity index (χ0) is 15.5. The van der Waals surface area contributed by atoms with Crippen LogP contribution in [0, 0.1) is 5.82 Å². The average Bonchev–Trinajstić information content (AvgIpc) is 3.00. The molecule has 22 heavy (non-hydrogen) atoms. The fraction of sp³-hybridized carbons (Fsp3) is 0.200. The van der Waals surface area contributed by atoms with Crippen molar-refractivity contribution in [2.24, 2.45) is 5.10 Å². The molecule has 1 aliphatic heterocycles. The molecule has 7 heteroatoms. The number of esters is 1. The largest absolute Gasteiger partial charge is 0.492 e. The van der Waals surface area contributed by atoms with Gasteiger partial charge in [0, 0.05) is 12.0 Å². The van der Waals surface area contributed by atoms with Gasteiger partial charge in [-0.15, -0.1) is 11.3 Å². The molecule has 2 aromatic rings. The number of hydrogen-bond acceptors (Lipinski definition) is 6. The maximum atomic E-state index is 13.4. The highest BCUT2D eigenvalue weighted by Crippen LogP contribution is 2.27. The van der Waals surface area contributed by atoms with Crippen LogP contribution in [0.1, 0.15) is 21.7 Å². The first-order chi connectivity index (χ1) is 10.7. The maximum Gasteiger partial charge on any atom is 0.350 e. The number of hydrogen-bond donors (Lipinski definition) is 1. The lowest BCUT2D eigenvalue weighted by atomic mass is 10.0. The summed E-state index contributed by atoms with van der Waals surface area (Å²) in [5, 5.41) is 6.07. The van der Waals surface area contributed by atoms with Crippen molar-refractivity contribution < 1.29 is 18.7 Å². The molecule has 2 heterocycles. The van der Waals surface area contributed by atoms with Gasteiger partial charge in [-0.2, -0.15) is 5.10 Å². The number of carbonyl (C=O) groups excluding carboxylic acids is 1. The van der Waals surface area contributed by atoms with E-state index >= 15 is 0 Å². The predicted molar refractivity (Wildman–Crippen MR) is 82.3 cm³/mol. The first-order valence-electron chi connectivity index (χ1n) is 6.60. The van der Waals surface area contributed by atoms with E-state index in [1.807, 2.05) is 0 Å². The molecule has 1 aromatic carbocycles. The van der Waals surface area contributed by atoms with E-state index in [1.165, 1.54) is 30.6 Å². The molecule has 0 aliphatic carbocycles. The minimum Gasteiger partial charge on any atom is -0.492 e. The number of halogens is 1. The molecular weight excluding hydrogens is 307 g/mol. The summed E-state index contributed by atoms with van der Waals surface area (Å²) >= 11 is 1.27. The van der Waals surface area contributed by atoms with E-state index in [0.29, 0.717) is 40.6 Å². The predicted octanol–water partition coefficient (Wildman–Crippen LogP) is 3.27. The second kappa shape index (κ2) is 6.15. The van der Waals surface area contributed by atoms with Crippen LogP contribution in [0.3, 0.4) is 0 Å². The zero-order valence-electron chi connectivity index (χ0n) is 11.8. The minimum atomic E-state index is -0.420. The third kappa shape index (κ3) is 2.80. The summed E-state index contributed by atoms with van der Waals surface area (Å²) in [5.41, 5.74) is 4.72. The van der Waals surface area contributed by atoms with E-state index < -0.39 is 5.97 Å². The molecule has 0 spiro atoms. The summed E-state index contributed by atoms with van der Waals surface area (Å²) in [6.07, 6.45) is 0.557. The molecule has 1 aliphatic rings. The van der Waals surface area contributed by atoms with Gasteiger partial charge in [0.1, 0.15) is 16.4 Å². The van der Waals surface area contributed by atoms with Crippen molar-refractivity contribution in [3.8, 4) is 5.75 Å². The Morgan fingerprint density at radius 1 is 1.45 bits per heavy atom. The highest BCUT2D eigenvalue weighted by atomic mass is 32.1. The first kappa shape index (κ1) is 14.5. The van der Waals surface area contributed by atoms with Gasteiger partial charge in [-0.05, 0) is 29.6 Å². The van der Waals surface area contributed by atoms with E-state index in [-0.39, 0.29) is 5.82 Å². The van der Waals surface area contributed by atoms with Crippen LogP contribution in [0.4, 0.5) is 10.1 Å². The Kier molecular flexibility index (Phi) is 4.06. The minimum absolute atomic E-state index is 0.345. The fourth-order valence-corrected chi connectivity index (χ4v) is 2.90. The molecule has 3 rings (SSSR count). The summed E-state index contributed by atoms with van der Waals surface area (Å²) in [7, 11) is 1.33. The van der Waals surface area contributed by atoms with Crippen LogP contribution in [0.5, 0.6) is 5.75 Å². The second-order valence-corrected chi connectivity index (χ2v) is 5.48. The van der Waals surface area contributed by atoms with Crippen LogP contribution in [0.2, 0.25) is 0 Å². The van der Waals surface area contributed by atoms with E-state index in [1.54, 1.807) is 17.5 Å². The lowest BCUT2D eigenvalue weighted by molar-refractivity contribution is 0.0607. The standard InChI is InChI=1S/C15H13FN2O3S/c1-20-15(19)14-12(5-7-22-14)18-17-11-4-6-21-13-3-2-9(16)8-10(11)13/h2-3,5,7-8,18H,4,6H2,1H3. The summed E-state index contributed by atoms with van der Waals surface area (Å²) in [6.45, 7) is 0.479. The SMILES string of the molecule is COC(=O)c1sccc1NN=C1CCOc2ccc(F)cc21. The number of methoxy groups -OCH3 is 1. The van der Waals surface area contributed by atoms with Gasteiger partial charge in [0.05, 0.1) is 25.1 Å². The number of benzene rings is 1. The third-order valence-corrected chi connectivity index (χ3v) is 4.09. The van der Waals surface area contributed by atoms with Crippen LogP contribution in [-0.4, -0.2) is 25.4 Å².